The number of hydrogen-bond donors (Lipinski definition) is 2. The maximum atomic E-state index is 12.1. The second-order valence-electron chi connectivity index (χ2n) is 4.48. The number of nitrogens with zero attached hydrogens (tertiary/aromatic N) is 1. The number of aromatic nitrogens is 1. The fourth-order valence-electron chi connectivity index (χ4n) is 1.70. The summed E-state index contributed by atoms with van der Waals surface area (Å²) in [5.74, 6) is 0.285. The van der Waals surface area contributed by atoms with E-state index in [4.69, 9.17) is 21.9 Å². The zero-order valence-corrected chi connectivity index (χ0v) is 12.5. The molecule has 0 aliphatic rings. The summed E-state index contributed by atoms with van der Waals surface area (Å²) in [4.78, 5) is 0. The number of rotatable bonds is 4. The van der Waals surface area contributed by atoms with Gasteiger partial charge in [-0.1, -0.05) is 16.8 Å². The van der Waals surface area contributed by atoms with Crippen LogP contribution in [0.5, 0.6) is 0 Å². The number of aryl methyl sites for hydroxylation is 2. The summed E-state index contributed by atoms with van der Waals surface area (Å²) < 4.78 is 31.4. The van der Waals surface area contributed by atoms with Gasteiger partial charge in [0.1, 0.15) is 17.2 Å². The first-order valence-electron chi connectivity index (χ1n) is 5.75. The van der Waals surface area contributed by atoms with Crippen LogP contribution in [0, 0.1) is 13.8 Å². The van der Waals surface area contributed by atoms with Crippen molar-refractivity contribution in [1.82, 2.24) is 5.16 Å². The summed E-state index contributed by atoms with van der Waals surface area (Å²) in [5.41, 5.74) is 7.47. The number of sulfonamides is 1. The van der Waals surface area contributed by atoms with Crippen molar-refractivity contribution in [3.05, 3.63) is 40.2 Å². The number of hydrogen-bond acceptors (Lipinski definition) is 5. The van der Waals surface area contributed by atoms with Gasteiger partial charge in [-0.3, -0.25) is 4.72 Å². The molecule has 1 aromatic carbocycles. The first kappa shape index (κ1) is 14.7. The Morgan fingerprint density at radius 1 is 1.35 bits per heavy atom. The Kier molecular flexibility index (Phi) is 3.92. The minimum absolute atomic E-state index is 0.272. The van der Waals surface area contributed by atoms with E-state index in [1.165, 1.54) is 6.07 Å². The molecule has 0 radical (unpaired) electrons. The first-order valence-corrected chi connectivity index (χ1v) is 7.78. The molecule has 0 bridgehead atoms. The topological polar surface area (TPSA) is 98.2 Å². The summed E-state index contributed by atoms with van der Waals surface area (Å²) in [5, 5.41) is 3.95. The molecule has 0 saturated carbocycles. The smallest absolute Gasteiger partial charge is 0.238 e. The monoisotopic (exact) mass is 315 g/mol. The van der Waals surface area contributed by atoms with E-state index in [1.807, 2.05) is 0 Å². The Morgan fingerprint density at radius 2 is 2.05 bits per heavy atom. The molecule has 0 aliphatic carbocycles. The van der Waals surface area contributed by atoms with Gasteiger partial charge in [-0.15, -0.1) is 0 Å². The van der Waals surface area contributed by atoms with Crippen LogP contribution in [0.3, 0.4) is 0 Å². The van der Waals surface area contributed by atoms with Crippen LogP contribution in [0.15, 0.2) is 22.7 Å². The second kappa shape index (κ2) is 5.34. The van der Waals surface area contributed by atoms with Crippen molar-refractivity contribution in [3.63, 3.8) is 0 Å². The largest absolute Gasteiger partial charge is 0.398 e. The Hall–Kier alpha value is -1.73. The molecule has 3 N–H and O–H groups in total. The molecule has 2 aromatic rings. The molecule has 108 valence electrons. The number of nitrogen functional groups attached to an aromatic ring is 1. The second-order valence-corrected chi connectivity index (χ2v) is 6.61. The van der Waals surface area contributed by atoms with Gasteiger partial charge < -0.3 is 10.3 Å². The lowest BCUT2D eigenvalue weighted by Gasteiger charge is -2.11. The van der Waals surface area contributed by atoms with Crippen LogP contribution >= 0.6 is 11.6 Å². The van der Waals surface area contributed by atoms with Crippen LogP contribution in [-0.4, -0.2) is 13.6 Å². The maximum absolute atomic E-state index is 12.1. The molecule has 0 unspecified atom stereocenters. The molecule has 0 fully saturated rings. The number of anilines is 2. The first-order chi connectivity index (χ1) is 9.27. The third-order valence-electron chi connectivity index (χ3n) is 2.62. The predicted molar refractivity (Wildman–Crippen MR) is 78.1 cm³/mol. The molecule has 1 heterocycles. The van der Waals surface area contributed by atoms with E-state index in [0.29, 0.717) is 33.4 Å². The summed E-state index contributed by atoms with van der Waals surface area (Å²) in [7, 11) is -3.60. The third-order valence-corrected chi connectivity index (χ3v) is 4.16. The zero-order valence-electron chi connectivity index (χ0n) is 11.0. The highest BCUT2D eigenvalue weighted by molar-refractivity contribution is 7.91. The van der Waals surface area contributed by atoms with Crippen LogP contribution in [0.25, 0.3) is 0 Å². The number of nitrogens with two attached hydrogens (primary N) is 1. The fraction of sp³-hybridized carbons (Fsp3) is 0.250. The fourth-order valence-corrected chi connectivity index (χ4v) is 3.01. The Labute approximate surface area is 122 Å². The van der Waals surface area contributed by atoms with Crippen molar-refractivity contribution in [2.24, 2.45) is 0 Å². The van der Waals surface area contributed by atoms with E-state index >= 15 is 0 Å². The van der Waals surface area contributed by atoms with Crippen LogP contribution in [0.1, 0.15) is 17.0 Å². The average Bonchev–Trinajstić information content (AvgIpc) is 2.70. The molecule has 0 atom stereocenters. The van der Waals surface area contributed by atoms with E-state index in [0.717, 1.165) is 0 Å². The van der Waals surface area contributed by atoms with E-state index < -0.39 is 10.0 Å². The van der Waals surface area contributed by atoms with Crippen molar-refractivity contribution in [3.8, 4) is 0 Å². The molecule has 0 saturated heterocycles. The van der Waals surface area contributed by atoms with Gasteiger partial charge >= 0.3 is 0 Å². The molecular weight excluding hydrogens is 302 g/mol. The third kappa shape index (κ3) is 3.43. The van der Waals surface area contributed by atoms with Crippen LogP contribution < -0.4 is 10.5 Å². The summed E-state index contributed by atoms with van der Waals surface area (Å²) in [6.07, 6.45) is 0. The Bertz CT molecular complexity index is 740. The molecule has 0 spiro atoms. The predicted octanol–water partition coefficient (Wildman–Crippen LogP) is 2.47. The maximum Gasteiger partial charge on any atom is 0.238 e. The molecule has 20 heavy (non-hydrogen) atoms. The quantitative estimate of drug-likeness (QED) is 0.844. The van der Waals surface area contributed by atoms with Gasteiger partial charge in [0, 0.05) is 6.07 Å². The standard InChI is InChI=1S/C12H14ClN3O3S/c1-7-3-11(14)10(13)5-12(7)16-20(17,18)6-9-4-8(2)19-15-9/h3-5,16H,6,14H2,1-2H3. The van der Waals surface area contributed by atoms with Gasteiger partial charge in [0.25, 0.3) is 0 Å². The summed E-state index contributed by atoms with van der Waals surface area (Å²) >= 11 is 5.89. The zero-order chi connectivity index (χ0) is 14.9. The van der Waals surface area contributed by atoms with E-state index in [2.05, 4.69) is 9.88 Å². The lowest BCUT2D eigenvalue weighted by Crippen LogP contribution is -2.16. The molecule has 6 nitrogen and oxygen atoms in total. The number of benzene rings is 1. The molecular formula is C12H14ClN3O3S. The van der Waals surface area contributed by atoms with E-state index in [9.17, 15) is 8.42 Å². The van der Waals surface area contributed by atoms with Crippen molar-refractivity contribution in [2.75, 3.05) is 10.5 Å². The highest BCUT2D eigenvalue weighted by Gasteiger charge is 2.16. The van der Waals surface area contributed by atoms with Crippen LogP contribution in [-0.2, 0) is 15.8 Å². The van der Waals surface area contributed by atoms with Gasteiger partial charge in [-0.05, 0) is 31.5 Å². The van der Waals surface area contributed by atoms with Crippen molar-refractivity contribution >= 4 is 33.0 Å². The number of halogens is 1. The van der Waals surface area contributed by atoms with Gasteiger partial charge in [0.15, 0.2) is 0 Å². The minimum Gasteiger partial charge on any atom is -0.398 e. The summed E-state index contributed by atoms with van der Waals surface area (Å²) in [6.45, 7) is 3.44. The number of nitrogens with one attached hydrogen (secondary N) is 1. The van der Waals surface area contributed by atoms with Crippen molar-refractivity contribution < 1.29 is 12.9 Å². The molecule has 2 rings (SSSR count). The van der Waals surface area contributed by atoms with Gasteiger partial charge in [0.2, 0.25) is 10.0 Å². The van der Waals surface area contributed by atoms with Gasteiger partial charge in [0.05, 0.1) is 16.4 Å². The highest BCUT2D eigenvalue weighted by atomic mass is 35.5. The van der Waals surface area contributed by atoms with E-state index in [-0.39, 0.29) is 5.75 Å². The lowest BCUT2D eigenvalue weighted by molar-refractivity contribution is 0.392. The van der Waals surface area contributed by atoms with Crippen molar-refractivity contribution in [2.45, 2.75) is 19.6 Å². The Balaban J connectivity index is 2.22. The normalized spacial score (nSPS) is 11.6. The van der Waals surface area contributed by atoms with Gasteiger partial charge in [-0.25, -0.2) is 8.42 Å². The highest BCUT2D eigenvalue weighted by Crippen LogP contribution is 2.27. The van der Waals surface area contributed by atoms with Crippen LogP contribution in [0.2, 0.25) is 5.02 Å². The average molecular weight is 316 g/mol. The molecule has 0 amide bonds. The Morgan fingerprint density at radius 3 is 2.65 bits per heavy atom. The lowest BCUT2D eigenvalue weighted by atomic mass is 10.2. The molecule has 0 aliphatic heterocycles. The van der Waals surface area contributed by atoms with E-state index in [1.54, 1.807) is 26.0 Å². The molecule has 1 aromatic heterocycles. The van der Waals surface area contributed by atoms with Crippen molar-refractivity contribution in [1.29, 1.82) is 0 Å². The minimum atomic E-state index is -3.60. The molecule has 8 heteroatoms. The van der Waals surface area contributed by atoms with Crippen LogP contribution in [0.4, 0.5) is 11.4 Å². The SMILES string of the molecule is Cc1cc(CS(=O)(=O)Nc2cc(Cl)c(N)cc2C)no1. The van der Waals surface area contributed by atoms with Gasteiger partial charge in [-0.2, -0.15) is 0 Å². The summed E-state index contributed by atoms with van der Waals surface area (Å²) in [6, 6.07) is 4.67.